The summed E-state index contributed by atoms with van der Waals surface area (Å²) in [6.45, 7) is 3.45. The van der Waals surface area contributed by atoms with E-state index in [2.05, 4.69) is 20.8 Å². The van der Waals surface area contributed by atoms with E-state index in [-0.39, 0.29) is 5.91 Å². The summed E-state index contributed by atoms with van der Waals surface area (Å²) in [5.74, 6) is 0.136. The first-order valence-electron chi connectivity index (χ1n) is 5.69. The molecule has 0 spiro atoms. The normalized spacial score (nSPS) is 17.5. The molecule has 2 rings (SSSR count). The molecule has 1 aliphatic heterocycles. The Morgan fingerprint density at radius 1 is 1.29 bits per heavy atom. The molecule has 0 saturated carbocycles. The molecule has 1 aliphatic rings. The summed E-state index contributed by atoms with van der Waals surface area (Å²) in [5, 5.41) is 0. The molecule has 0 unspecified atom stereocenters. The number of carbonyl (C=O) groups excluding carboxylic acids is 1. The molecule has 17 heavy (non-hydrogen) atoms. The predicted molar refractivity (Wildman–Crippen MR) is 72.0 cm³/mol. The minimum atomic E-state index is 0.136. The van der Waals surface area contributed by atoms with Gasteiger partial charge in [0.2, 0.25) is 5.91 Å². The number of amides is 1. The molecule has 0 aromatic heterocycles. The van der Waals surface area contributed by atoms with E-state index in [1.807, 2.05) is 29.2 Å². The van der Waals surface area contributed by atoms with E-state index in [1.165, 1.54) is 0 Å². The van der Waals surface area contributed by atoms with Crippen molar-refractivity contribution in [3.8, 4) is 0 Å². The van der Waals surface area contributed by atoms with Crippen molar-refractivity contribution < 1.29 is 4.79 Å². The van der Waals surface area contributed by atoms with Gasteiger partial charge in [-0.2, -0.15) is 0 Å². The third-order valence-corrected chi connectivity index (χ3v) is 3.56. The second-order valence-electron chi connectivity index (χ2n) is 4.06. The van der Waals surface area contributed by atoms with Crippen molar-refractivity contribution in [2.24, 2.45) is 5.73 Å². The highest BCUT2D eigenvalue weighted by atomic mass is 79.9. The van der Waals surface area contributed by atoms with Crippen molar-refractivity contribution in [3.05, 3.63) is 28.7 Å². The molecule has 1 amide bonds. The number of para-hydroxylation sites is 1. The van der Waals surface area contributed by atoms with Gasteiger partial charge in [-0.25, -0.2) is 0 Å². The maximum Gasteiger partial charge on any atom is 0.241 e. The fourth-order valence-electron chi connectivity index (χ4n) is 2.02. The summed E-state index contributed by atoms with van der Waals surface area (Å²) >= 11 is 3.48. The van der Waals surface area contributed by atoms with Crippen LogP contribution in [0.25, 0.3) is 0 Å². The highest BCUT2D eigenvalue weighted by molar-refractivity contribution is 9.10. The number of hydrogen-bond acceptors (Lipinski definition) is 3. The molecule has 1 aromatic rings. The Labute approximate surface area is 110 Å². The lowest BCUT2D eigenvalue weighted by atomic mass is 10.2. The van der Waals surface area contributed by atoms with Gasteiger partial charge in [0.05, 0.1) is 12.2 Å². The first-order chi connectivity index (χ1) is 8.22. The van der Waals surface area contributed by atoms with Crippen LogP contribution in [0.1, 0.15) is 0 Å². The Hall–Kier alpha value is -0.910. The van der Waals surface area contributed by atoms with E-state index < -0.39 is 0 Å². The number of nitrogens with zero attached hydrogens (tertiary/aromatic N) is 2. The number of nitrogens with two attached hydrogens (primary N) is 1. The zero-order chi connectivity index (χ0) is 12.3. The van der Waals surface area contributed by atoms with E-state index in [9.17, 15) is 4.79 Å². The molecular formula is C12H16BrN3O. The summed E-state index contributed by atoms with van der Waals surface area (Å²) in [6, 6.07) is 7.80. The van der Waals surface area contributed by atoms with Gasteiger partial charge in [0.25, 0.3) is 0 Å². The third kappa shape index (κ3) is 2.86. The zero-order valence-electron chi connectivity index (χ0n) is 9.60. The van der Waals surface area contributed by atoms with E-state index in [0.717, 1.165) is 29.8 Å². The molecule has 5 heteroatoms. The smallest absolute Gasteiger partial charge is 0.241 e. The number of halogens is 1. The minimum absolute atomic E-state index is 0.136. The molecule has 0 aliphatic carbocycles. The van der Waals surface area contributed by atoms with Crippen LogP contribution in [-0.2, 0) is 4.79 Å². The van der Waals surface area contributed by atoms with Crippen LogP contribution in [0, 0.1) is 0 Å². The number of carbonyl (C=O) groups is 1. The molecule has 1 saturated heterocycles. The van der Waals surface area contributed by atoms with Gasteiger partial charge in [-0.3, -0.25) is 9.69 Å². The van der Waals surface area contributed by atoms with Crippen molar-refractivity contribution in [3.63, 3.8) is 0 Å². The van der Waals surface area contributed by atoms with Gasteiger partial charge in [0.15, 0.2) is 0 Å². The van der Waals surface area contributed by atoms with Crippen molar-refractivity contribution in [1.29, 1.82) is 0 Å². The topological polar surface area (TPSA) is 49.6 Å². The number of rotatable bonds is 3. The quantitative estimate of drug-likeness (QED) is 0.907. The number of anilines is 1. The Morgan fingerprint density at radius 2 is 2.06 bits per heavy atom. The fourth-order valence-corrected chi connectivity index (χ4v) is 2.52. The molecule has 0 bridgehead atoms. The van der Waals surface area contributed by atoms with E-state index in [4.69, 9.17) is 5.73 Å². The van der Waals surface area contributed by atoms with Crippen LogP contribution in [0.15, 0.2) is 28.7 Å². The molecule has 1 fully saturated rings. The van der Waals surface area contributed by atoms with Crippen molar-refractivity contribution in [2.45, 2.75) is 0 Å². The molecule has 2 N–H and O–H groups in total. The first kappa shape index (κ1) is 12.5. The second kappa shape index (κ2) is 5.62. The van der Waals surface area contributed by atoms with E-state index >= 15 is 0 Å². The monoisotopic (exact) mass is 297 g/mol. The Morgan fingerprint density at radius 3 is 2.71 bits per heavy atom. The average Bonchev–Trinajstić information content (AvgIpc) is 2.31. The lowest BCUT2D eigenvalue weighted by Gasteiger charge is -2.34. The van der Waals surface area contributed by atoms with Gasteiger partial charge in [0, 0.05) is 30.7 Å². The van der Waals surface area contributed by atoms with Crippen LogP contribution < -0.4 is 10.6 Å². The molecule has 0 radical (unpaired) electrons. The van der Waals surface area contributed by atoms with Gasteiger partial charge in [-0.15, -0.1) is 0 Å². The Bertz CT molecular complexity index is 410. The number of hydrogen-bond donors (Lipinski definition) is 1. The van der Waals surface area contributed by atoms with E-state index in [0.29, 0.717) is 13.1 Å². The predicted octanol–water partition coefficient (Wildman–Crippen LogP) is 1.06. The van der Waals surface area contributed by atoms with Gasteiger partial charge in [0.1, 0.15) is 0 Å². The fraction of sp³-hybridized carbons (Fsp3) is 0.417. The maximum atomic E-state index is 12.1. The van der Waals surface area contributed by atoms with Crippen LogP contribution in [-0.4, -0.2) is 43.5 Å². The number of benzene rings is 1. The standard InChI is InChI=1S/C12H16BrN3O/c13-10-3-1-2-4-11(10)16-8-7-15(6-5-14)9-12(16)17/h1-4H,5-9,14H2. The highest BCUT2D eigenvalue weighted by Crippen LogP contribution is 2.26. The molecule has 1 heterocycles. The Kier molecular flexibility index (Phi) is 4.15. The summed E-state index contributed by atoms with van der Waals surface area (Å²) in [5.41, 5.74) is 6.45. The zero-order valence-corrected chi connectivity index (χ0v) is 11.2. The lowest BCUT2D eigenvalue weighted by Crippen LogP contribution is -2.51. The van der Waals surface area contributed by atoms with Crippen molar-refractivity contribution >= 4 is 27.5 Å². The average molecular weight is 298 g/mol. The van der Waals surface area contributed by atoms with Crippen molar-refractivity contribution in [2.75, 3.05) is 37.6 Å². The lowest BCUT2D eigenvalue weighted by molar-refractivity contribution is -0.121. The largest absolute Gasteiger partial charge is 0.329 e. The summed E-state index contributed by atoms with van der Waals surface area (Å²) < 4.78 is 0.959. The molecule has 1 aromatic carbocycles. The second-order valence-corrected chi connectivity index (χ2v) is 4.92. The summed E-state index contributed by atoms with van der Waals surface area (Å²) in [6.07, 6.45) is 0. The van der Waals surface area contributed by atoms with Crippen LogP contribution in [0.2, 0.25) is 0 Å². The van der Waals surface area contributed by atoms with Gasteiger partial charge >= 0.3 is 0 Å². The van der Waals surface area contributed by atoms with Crippen LogP contribution in [0.5, 0.6) is 0 Å². The van der Waals surface area contributed by atoms with Gasteiger partial charge in [-0.05, 0) is 28.1 Å². The van der Waals surface area contributed by atoms with Crippen LogP contribution >= 0.6 is 15.9 Å². The summed E-state index contributed by atoms with van der Waals surface area (Å²) in [4.78, 5) is 16.0. The molecule has 4 nitrogen and oxygen atoms in total. The van der Waals surface area contributed by atoms with Gasteiger partial charge < -0.3 is 10.6 Å². The molecule has 0 atom stereocenters. The van der Waals surface area contributed by atoms with Crippen LogP contribution in [0.4, 0.5) is 5.69 Å². The SMILES string of the molecule is NCCN1CCN(c2ccccc2Br)C(=O)C1. The maximum absolute atomic E-state index is 12.1. The summed E-state index contributed by atoms with van der Waals surface area (Å²) in [7, 11) is 0. The van der Waals surface area contributed by atoms with Gasteiger partial charge in [-0.1, -0.05) is 12.1 Å². The Balaban J connectivity index is 2.10. The van der Waals surface area contributed by atoms with Crippen molar-refractivity contribution in [1.82, 2.24) is 4.90 Å². The molecule has 92 valence electrons. The number of piperazine rings is 1. The van der Waals surface area contributed by atoms with E-state index in [1.54, 1.807) is 0 Å². The highest BCUT2D eigenvalue weighted by Gasteiger charge is 2.25. The third-order valence-electron chi connectivity index (χ3n) is 2.89. The van der Waals surface area contributed by atoms with Crippen LogP contribution in [0.3, 0.4) is 0 Å². The molecular weight excluding hydrogens is 282 g/mol. The minimum Gasteiger partial charge on any atom is -0.329 e. The first-order valence-corrected chi connectivity index (χ1v) is 6.49.